The summed E-state index contributed by atoms with van der Waals surface area (Å²) >= 11 is 0. The Morgan fingerprint density at radius 2 is 2.22 bits per heavy atom. The van der Waals surface area contributed by atoms with Crippen molar-refractivity contribution in [2.24, 2.45) is 5.92 Å². The van der Waals surface area contributed by atoms with Gasteiger partial charge in [-0.3, -0.25) is 19.3 Å². The normalized spacial score (nSPS) is 24.8. The highest BCUT2D eigenvalue weighted by Crippen LogP contribution is 2.38. The highest BCUT2D eigenvalue weighted by molar-refractivity contribution is 6.09. The quantitative estimate of drug-likeness (QED) is 0.563. The third kappa shape index (κ3) is 3.96. The first-order valence-corrected chi connectivity index (χ1v) is 9.01. The van der Waals surface area contributed by atoms with Gasteiger partial charge in [0, 0.05) is 0 Å². The number of carbonyl (C=O) groups excluding carboxylic acids is 4. The van der Waals surface area contributed by atoms with Crippen molar-refractivity contribution in [1.29, 1.82) is 0 Å². The Hall–Kier alpha value is -2.84. The highest BCUT2D eigenvalue weighted by Gasteiger charge is 2.55. The maximum absolute atomic E-state index is 12.8. The van der Waals surface area contributed by atoms with E-state index in [0.29, 0.717) is 12.2 Å². The lowest BCUT2D eigenvalue weighted by Gasteiger charge is -2.36. The molecule has 1 spiro atoms. The lowest BCUT2D eigenvalue weighted by molar-refractivity contribution is -0.151. The average Bonchev–Trinajstić information content (AvgIpc) is 3.24. The van der Waals surface area contributed by atoms with Crippen molar-refractivity contribution in [2.75, 3.05) is 13.2 Å². The SMILES string of the molecule is C[C@@H]1CCCC[C@@]12NC(=O)N(CC(=O)OCC(=O)NCc1ccco1)C2=O. The van der Waals surface area contributed by atoms with E-state index in [1.165, 1.54) is 6.26 Å². The van der Waals surface area contributed by atoms with Gasteiger partial charge in [0.2, 0.25) is 0 Å². The first-order valence-electron chi connectivity index (χ1n) is 9.01. The maximum atomic E-state index is 12.8. The summed E-state index contributed by atoms with van der Waals surface area (Å²) in [7, 11) is 0. The van der Waals surface area contributed by atoms with Gasteiger partial charge in [0.1, 0.15) is 17.8 Å². The van der Waals surface area contributed by atoms with Gasteiger partial charge in [0.25, 0.3) is 11.8 Å². The molecule has 1 aromatic heterocycles. The van der Waals surface area contributed by atoms with Crippen molar-refractivity contribution in [2.45, 2.75) is 44.7 Å². The second-order valence-electron chi connectivity index (χ2n) is 6.96. The molecule has 0 radical (unpaired) electrons. The summed E-state index contributed by atoms with van der Waals surface area (Å²) in [5.74, 6) is -1.13. The van der Waals surface area contributed by atoms with Crippen LogP contribution in [0.2, 0.25) is 0 Å². The fourth-order valence-corrected chi connectivity index (χ4v) is 3.61. The van der Waals surface area contributed by atoms with Crippen LogP contribution in [-0.2, 0) is 25.7 Å². The summed E-state index contributed by atoms with van der Waals surface area (Å²) in [6, 6.07) is 2.80. The van der Waals surface area contributed by atoms with Crippen LogP contribution in [0.1, 0.15) is 38.4 Å². The minimum Gasteiger partial charge on any atom is -0.467 e. The number of esters is 1. The molecule has 0 bridgehead atoms. The summed E-state index contributed by atoms with van der Waals surface area (Å²) < 4.78 is 9.95. The first-order chi connectivity index (χ1) is 12.9. The number of imide groups is 1. The molecule has 9 heteroatoms. The lowest BCUT2D eigenvalue weighted by atomic mass is 9.73. The molecule has 1 aliphatic heterocycles. The molecule has 0 aromatic carbocycles. The largest absolute Gasteiger partial charge is 0.467 e. The van der Waals surface area contributed by atoms with Crippen LogP contribution >= 0.6 is 0 Å². The van der Waals surface area contributed by atoms with E-state index >= 15 is 0 Å². The molecule has 146 valence electrons. The van der Waals surface area contributed by atoms with Crippen molar-refractivity contribution in [3.8, 4) is 0 Å². The predicted octanol–water partition coefficient (Wildman–Crippen LogP) is 0.940. The standard InChI is InChI=1S/C18H23N3O6/c1-12-5-2-3-7-18(12)16(24)21(17(25)20-18)10-15(23)27-11-14(22)19-9-13-6-4-8-26-13/h4,6,8,12H,2-3,5,7,9-11H2,1H3,(H,19,22)(H,20,25)/t12-,18-/m1/s1. The minimum absolute atomic E-state index is 0.0103. The Bertz CT molecular complexity index is 731. The number of carbonyl (C=O) groups is 4. The molecule has 2 atom stereocenters. The average molecular weight is 377 g/mol. The van der Waals surface area contributed by atoms with Crippen molar-refractivity contribution >= 4 is 23.8 Å². The molecule has 1 aromatic rings. The monoisotopic (exact) mass is 377 g/mol. The van der Waals surface area contributed by atoms with Crippen LogP contribution in [0.15, 0.2) is 22.8 Å². The van der Waals surface area contributed by atoms with Gasteiger partial charge in [0.05, 0.1) is 12.8 Å². The van der Waals surface area contributed by atoms with E-state index in [2.05, 4.69) is 10.6 Å². The minimum atomic E-state index is -0.921. The van der Waals surface area contributed by atoms with Crippen molar-refractivity contribution in [3.05, 3.63) is 24.2 Å². The lowest BCUT2D eigenvalue weighted by Crippen LogP contribution is -2.54. The Balaban J connectivity index is 1.48. The second-order valence-corrected chi connectivity index (χ2v) is 6.96. The van der Waals surface area contributed by atoms with Gasteiger partial charge < -0.3 is 19.8 Å². The molecule has 4 amide bonds. The van der Waals surface area contributed by atoms with E-state index in [0.717, 1.165) is 24.2 Å². The molecule has 2 N–H and O–H groups in total. The van der Waals surface area contributed by atoms with E-state index < -0.39 is 36.6 Å². The maximum Gasteiger partial charge on any atom is 0.326 e. The highest BCUT2D eigenvalue weighted by atomic mass is 16.5. The van der Waals surface area contributed by atoms with Gasteiger partial charge in [-0.1, -0.05) is 19.8 Å². The molecular weight excluding hydrogens is 354 g/mol. The summed E-state index contributed by atoms with van der Waals surface area (Å²) in [5.41, 5.74) is -0.921. The zero-order valence-corrected chi connectivity index (χ0v) is 15.2. The predicted molar refractivity (Wildman–Crippen MR) is 92.1 cm³/mol. The molecule has 1 saturated carbocycles. The number of nitrogens with one attached hydrogen (secondary N) is 2. The smallest absolute Gasteiger partial charge is 0.326 e. The summed E-state index contributed by atoms with van der Waals surface area (Å²) in [6.45, 7) is 1.11. The summed E-state index contributed by atoms with van der Waals surface area (Å²) in [5, 5.41) is 5.30. The number of nitrogens with zero attached hydrogens (tertiary/aromatic N) is 1. The number of furan rings is 1. The number of hydrogen-bond donors (Lipinski definition) is 2. The van der Waals surface area contributed by atoms with Crippen LogP contribution in [0.25, 0.3) is 0 Å². The van der Waals surface area contributed by atoms with Gasteiger partial charge in [-0.05, 0) is 30.9 Å². The van der Waals surface area contributed by atoms with E-state index in [9.17, 15) is 19.2 Å². The van der Waals surface area contributed by atoms with E-state index in [1.807, 2.05) is 6.92 Å². The number of urea groups is 1. The van der Waals surface area contributed by atoms with Crippen LogP contribution in [-0.4, -0.2) is 47.4 Å². The van der Waals surface area contributed by atoms with Crippen LogP contribution in [0.5, 0.6) is 0 Å². The molecule has 2 fully saturated rings. The molecule has 1 aliphatic carbocycles. The second kappa shape index (κ2) is 7.81. The fourth-order valence-electron chi connectivity index (χ4n) is 3.61. The summed E-state index contributed by atoms with van der Waals surface area (Å²) in [6.07, 6.45) is 4.77. The topological polar surface area (TPSA) is 118 Å². The van der Waals surface area contributed by atoms with E-state index in [4.69, 9.17) is 9.15 Å². The zero-order chi connectivity index (χ0) is 19.4. The molecular formula is C18H23N3O6. The molecule has 2 heterocycles. The van der Waals surface area contributed by atoms with Gasteiger partial charge in [-0.15, -0.1) is 0 Å². The van der Waals surface area contributed by atoms with Crippen LogP contribution in [0, 0.1) is 5.92 Å². The molecule has 3 rings (SSSR count). The molecule has 1 saturated heterocycles. The van der Waals surface area contributed by atoms with Crippen molar-refractivity contribution < 1.29 is 28.3 Å². The molecule has 27 heavy (non-hydrogen) atoms. The third-order valence-corrected chi connectivity index (χ3v) is 5.19. The zero-order valence-electron chi connectivity index (χ0n) is 15.2. The summed E-state index contributed by atoms with van der Waals surface area (Å²) in [4.78, 5) is 49.5. The fraction of sp³-hybridized carbons (Fsp3) is 0.556. The number of hydrogen-bond acceptors (Lipinski definition) is 6. The van der Waals surface area contributed by atoms with Crippen LogP contribution in [0.4, 0.5) is 4.79 Å². The molecule has 2 aliphatic rings. The number of amides is 4. The Morgan fingerprint density at radius 3 is 2.93 bits per heavy atom. The van der Waals surface area contributed by atoms with E-state index in [-0.39, 0.29) is 18.4 Å². The van der Waals surface area contributed by atoms with Crippen LogP contribution in [0.3, 0.4) is 0 Å². The van der Waals surface area contributed by atoms with Gasteiger partial charge in [-0.25, -0.2) is 4.79 Å². The van der Waals surface area contributed by atoms with Crippen molar-refractivity contribution in [1.82, 2.24) is 15.5 Å². The molecule has 0 unspecified atom stereocenters. The Kier molecular flexibility index (Phi) is 5.48. The molecule has 9 nitrogen and oxygen atoms in total. The third-order valence-electron chi connectivity index (χ3n) is 5.19. The van der Waals surface area contributed by atoms with Crippen LogP contribution < -0.4 is 10.6 Å². The number of rotatable bonds is 6. The Morgan fingerprint density at radius 1 is 1.41 bits per heavy atom. The van der Waals surface area contributed by atoms with E-state index in [1.54, 1.807) is 12.1 Å². The number of ether oxygens (including phenoxy) is 1. The van der Waals surface area contributed by atoms with Crippen molar-refractivity contribution in [3.63, 3.8) is 0 Å². The Labute approximate surface area is 156 Å². The van der Waals surface area contributed by atoms with Gasteiger partial charge in [0.15, 0.2) is 6.61 Å². The van der Waals surface area contributed by atoms with Gasteiger partial charge >= 0.3 is 12.0 Å². The van der Waals surface area contributed by atoms with Gasteiger partial charge in [-0.2, -0.15) is 0 Å². The first kappa shape index (κ1) is 18.9.